The Morgan fingerprint density at radius 1 is 1.00 bits per heavy atom. The number of unbranched alkanes of at least 4 members (excludes halogenated alkanes) is 3. The molecule has 0 atom stereocenters. The molecule has 0 fully saturated rings. The summed E-state index contributed by atoms with van der Waals surface area (Å²) in [6, 6.07) is 3.47. The largest absolute Gasteiger partial charge is 0.299 e. The first-order valence-electron chi connectivity index (χ1n) is 6.91. The fourth-order valence-electron chi connectivity index (χ4n) is 1.98. The molecule has 1 rings (SSSR count). The number of amides is 1. The van der Waals surface area contributed by atoms with Gasteiger partial charge in [-0.3, -0.25) is 14.8 Å². The number of hydrogen-bond donors (Lipinski definition) is 2. The summed E-state index contributed by atoms with van der Waals surface area (Å²) in [6.07, 6.45) is 3.70. The van der Waals surface area contributed by atoms with Crippen LogP contribution in [0.25, 0.3) is 0 Å². The molecule has 1 amide bonds. The Balaban J connectivity index is 2.16. The van der Waals surface area contributed by atoms with Crippen molar-refractivity contribution in [3.63, 3.8) is 0 Å². The van der Waals surface area contributed by atoms with Crippen molar-refractivity contribution < 1.29 is 23.6 Å². The third-order valence-corrected chi connectivity index (χ3v) is 3.12. The number of ketones is 1. The topological polar surface area (TPSA) is 66.4 Å². The van der Waals surface area contributed by atoms with Crippen LogP contribution in [0, 0.1) is 11.6 Å². The zero-order chi connectivity index (χ0) is 15.7. The molecule has 21 heavy (non-hydrogen) atoms. The van der Waals surface area contributed by atoms with Crippen molar-refractivity contribution in [1.82, 2.24) is 5.48 Å². The Kier molecular flexibility index (Phi) is 7.53. The van der Waals surface area contributed by atoms with Gasteiger partial charge >= 0.3 is 0 Å². The number of Topliss-reactive ketones (excluding diaryl/α,β-unsaturated/α-hetero) is 1. The molecule has 116 valence electrons. The minimum Gasteiger partial charge on any atom is -0.299 e. The predicted octanol–water partition coefficient (Wildman–Crippen LogP) is 2.92. The van der Waals surface area contributed by atoms with Crippen molar-refractivity contribution in [2.45, 2.75) is 44.9 Å². The molecule has 0 aliphatic rings. The van der Waals surface area contributed by atoms with Gasteiger partial charge in [-0.25, -0.2) is 14.3 Å². The number of carbonyl (C=O) groups is 2. The average Bonchev–Trinajstić information content (AvgIpc) is 2.46. The minimum absolute atomic E-state index is 0.0193. The summed E-state index contributed by atoms with van der Waals surface area (Å²) in [7, 11) is 0. The zero-order valence-corrected chi connectivity index (χ0v) is 11.7. The Bertz CT molecular complexity index is 492. The van der Waals surface area contributed by atoms with Crippen molar-refractivity contribution >= 4 is 11.7 Å². The summed E-state index contributed by atoms with van der Waals surface area (Å²) in [5, 5.41) is 8.29. The monoisotopic (exact) mass is 299 g/mol. The average molecular weight is 299 g/mol. The van der Waals surface area contributed by atoms with Crippen molar-refractivity contribution in [1.29, 1.82) is 0 Å². The molecule has 0 heterocycles. The number of carbonyl (C=O) groups excluding carboxylic acids is 2. The molecule has 0 aliphatic carbocycles. The van der Waals surface area contributed by atoms with E-state index < -0.39 is 17.5 Å². The van der Waals surface area contributed by atoms with Crippen LogP contribution in [0.15, 0.2) is 18.2 Å². The van der Waals surface area contributed by atoms with E-state index in [1.165, 1.54) is 6.07 Å². The van der Waals surface area contributed by atoms with Crippen LogP contribution >= 0.6 is 0 Å². The first-order valence-corrected chi connectivity index (χ1v) is 6.91. The number of rotatable bonds is 9. The van der Waals surface area contributed by atoms with Gasteiger partial charge in [0, 0.05) is 19.3 Å². The Labute approximate surface area is 122 Å². The zero-order valence-electron chi connectivity index (χ0n) is 11.7. The highest BCUT2D eigenvalue weighted by Gasteiger charge is 2.07. The van der Waals surface area contributed by atoms with Gasteiger partial charge in [-0.2, -0.15) is 0 Å². The number of nitrogens with one attached hydrogen (secondary N) is 1. The van der Waals surface area contributed by atoms with Gasteiger partial charge in [0.2, 0.25) is 5.91 Å². The predicted molar refractivity (Wildman–Crippen MR) is 72.7 cm³/mol. The van der Waals surface area contributed by atoms with E-state index >= 15 is 0 Å². The number of hydroxylamine groups is 1. The fraction of sp³-hybridized carbons (Fsp3) is 0.467. The highest BCUT2D eigenvalue weighted by atomic mass is 19.2. The molecule has 0 unspecified atom stereocenters. The lowest BCUT2D eigenvalue weighted by Gasteiger charge is -2.03. The molecule has 0 radical (unpaired) electrons. The summed E-state index contributed by atoms with van der Waals surface area (Å²) in [5.74, 6) is -2.29. The number of benzene rings is 1. The van der Waals surface area contributed by atoms with Crippen LogP contribution in [0.5, 0.6) is 0 Å². The van der Waals surface area contributed by atoms with Crippen LogP contribution in [0.2, 0.25) is 0 Å². The first-order chi connectivity index (χ1) is 10.0. The highest BCUT2D eigenvalue weighted by molar-refractivity contribution is 5.80. The highest BCUT2D eigenvalue weighted by Crippen LogP contribution is 2.12. The summed E-state index contributed by atoms with van der Waals surface area (Å²) in [6.45, 7) is 0. The van der Waals surface area contributed by atoms with Crippen LogP contribution in [0.4, 0.5) is 8.78 Å². The maximum absolute atomic E-state index is 13.0. The van der Waals surface area contributed by atoms with Crippen molar-refractivity contribution in [2.24, 2.45) is 0 Å². The molecule has 0 aliphatic heterocycles. The SMILES string of the molecule is O=C(CCCCCCC(=O)NO)Cc1ccc(F)c(F)c1. The van der Waals surface area contributed by atoms with E-state index in [0.29, 0.717) is 24.8 Å². The number of hydrogen-bond acceptors (Lipinski definition) is 3. The van der Waals surface area contributed by atoms with E-state index in [-0.39, 0.29) is 18.6 Å². The second kappa shape index (κ2) is 9.18. The molecular formula is C15H19F2NO3. The fourth-order valence-corrected chi connectivity index (χ4v) is 1.98. The van der Waals surface area contributed by atoms with Crippen LogP contribution in [0.3, 0.4) is 0 Å². The van der Waals surface area contributed by atoms with E-state index in [4.69, 9.17) is 5.21 Å². The van der Waals surface area contributed by atoms with Crippen molar-refractivity contribution in [3.05, 3.63) is 35.4 Å². The molecule has 0 bridgehead atoms. The van der Waals surface area contributed by atoms with Gasteiger partial charge in [-0.05, 0) is 30.5 Å². The normalized spacial score (nSPS) is 10.4. The Morgan fingerprint density at radius 3 is 2.29 bits per heavy atom. The van der Waals surface area contributed by atoms with Crippen molar-refractivity contribution in [2.75, 3.05) is 0 Å². The smallest absolute Gasteiger partial charge is 0.243 e. The van der Waals surface area contributed by atoms with E-state index in [2.05, 4.69) is 0 Å². The summed E-state index contributed by atoms with van der Waals surface area (Å²) < 4.78 is 25.7. The summed E-state index contributed by atoms with van der Waals surface area (Å²) in [5.41, 5.74) is 2.03. The maximum atomic E-state index is 13.0. The lowest BCUT2D eigenvalue weighted by atomic mass is 10.0. The molecule has 0 saturated heterocycles. The van der Waals surface area contributed by atoms with Gasteiger partial charge in [-0.15, -0.1) is 0 Å². The molecule has 0 aromatic heterocycles. The molecule has 0 saturated carbocycles. The summed E-state index contributed by atoms with van der Waals surface area (Å²) in [4.78, 5) is 22.4. The molecule has 4 nitrogen and oxygen atoms in total. The van der Waals surface area contributed by atoms with Crippen LogP contribution in [-0.4, -0.2) is 16.9 Å². The lowest BCUT2D eigenvalue weighted by molar-refractivity contribution is -0.129. The first kappa shape index (κ1) is 17.2. The Hall–Kier alpha value is -1.82. The number of halogens is 2. The van der Waals surface area contributed by atoms with Crippen LogP contribution in [0.1, 0.15) is 44.1 Å². The second-order valence-electron chi connectivity index (χ2n) is 4.91. The van der Waals surface area contributed by atoms with E-state index in [0.717, 1.165) is 25.0 Å². The minimum atomic E-state index is -0.942. The van der Waals surface area contributed by atoms with Crippen LogP contribution in [-0.2, 0) is 16.0 Å². The quantitative estimate of drug-likeness (QED) is 0.418. The maximum Gasteiger partial charge on any atom is 0.243 e. The molecule has 2 N–H and O–H groups in total. The Morgan fingerprint density at radius 2 is 1.67 bits per heavy atom. The molecule has 6 heteroatoms. The van der Waals surface area contributed by atoms with Gasteiger partial charge in [0.1, 0.15) is 5.78 Å². The van der Waals surface area contributed by atoms with Crippen LogP contribution < -0.4 is 5.48 Å². The van der Waals surface area contributed by atoms with E-state index in [1.807, 2.05) is 0 Å². The van der Waals surface area contributed by atoms with Gasteiger partial charge < -0.3 is 0 Å². The molecule has 0 spiro atoms. The van der Waals surface area contributed by atoms with E-state index in [1.54, 1.807) is 5.48 Å². The van der Waals surface area contributed by atoms with Gasteiger partial charge in [0.25, 0.3) is 0 Å². The summed E-state index contributed by atoms with van der Waals surface area (Å²) >= 11 is 0. The standard InChI is InChI=1S/C15H19F2NO3/c16-13-8-7-11(10-14(13)17)9-12(19)5-3-1-2-4-6-15(20)18-21/h7-8,10,21H,1-6,9H2,(H,18,20). The molecule has 1 aromatic rings. The third-order valence-electron chi connectivity index (χ3n) is 3.12. The van der Waals surface area contributed by atoms with Gasteiger partial charge in [-0.1, -0.05) is 18.9 Å². The van der Waals surface area contributed by atoms with Crippen molar-refractivity contribution in [3.8, 4) is 0 Å². The lowest BCUT2D eigenvalue weighted by Crippen LogP contribution is -2.17. The van der Waals surface area contributed by atoms with Gasteiger partial charge in [0.15, 0.2) is 11.6 Å². The second-order valence-corrected chi connectivity index (χ2v) is 4.91. The molecular weight excluding hydrogens is 280 g/mol. The van der Waals surface area contributed by atoms with Gasteiger partial charge in [0.05, 0.1) is 0 Å². The molecule has 1 aromatic carbocycles. The third kappa shape index (κ3) is 6.94. The van der Waals surface area contributed by atoms with E-state index in [9.17, 15) is 18.4 Å².